The Bertz CT molecular complexity index is 314. The van der Waals surface area contributed by atoms with Crippen LogP contribution >= 0.6 is 0 Å². The topological polar surface area (TPSA) is 45.5 Å². The molecule has 0 radical (unpaired) electrons. The first kappa shape index (κ1) is 11.0. The van der Waals surface area contributed by atoms with E-state index in [4.69, 9.17) is 4.42 Å². The highest BCUT2D eigenvalue weighted by molar-refractivity contribution is 5.74. The predicted molar refractivity (Wildman–Crippen MR) is 61.0 cm³/mol. The number of nitrogens with one attached hydrogen (secondary N) is 1. The summed E-state index contributed by atoms with van der Waals surface area (Å²) in [5.41, 5.74) is 1.00. The van der Waals surface area contributed by atoms with E-state index in [0.717, 1.165) is 31.5 Å². The largest absolute Gasteiger partial charge is 0.472 e. The maximum Gasteiger partial charge on any atom is 0.317 e. The molecule has 4 nitrogen and oxygen atoms in total. The molecule has 1 fully saturated rings. The average molecular weight is 222 g/mol. The first-order chi connectivity index (χ1) is 7.86. The molecule has 1 N–H and O–H groups in total. The second kappa shape index (κ2) is 5.58. The van der Waals surface area contributed by atoms with Crippen molar-refractivity contribution in [1.82, 2.24) is 10.2 Å². The van der Waals surface area contributed by atoms with Crippen molar-refractivity contribution < 1.29 is 9.21 Å². The van der Waals surface area contributed by atoms with Gasteiger partial charge in [-0.2, -0.15) is 0 Å². The van der Waals surface area contributed by atoms with E-state index in [1.165, 1.54) is 12.8 Å². The predicted octanol–water partition coefficient (Wildman–Crippen LogP) is 2.37. The minimum absolute atomic E-state index is 0.0445. The van der Waals surface area contributed by atoms with Gasteiger partial charge in [0.05, 0.1) is 12.5 Å². The molecule has 1 aromatic rings. The number of nitrogens with zero attached hydrogens (tertiary/aromatic N) is 1. The number of hydrogen-bond donors (Lipinski definition) is 1. The molecule has 0 atom stereocenters. The molecule has 0 spiro atoms. The van der Waals surface area contributed by atoms with Crippen LogP contribution in [0.25, 0.3) is 0 Å². The average Bonchev–Trinajstić information content (AvgIpc) is 2.66. The maximum absolute atomic E-state index is 11.8. The van der Waals surface area contributed by atoms with Crippen molar-refractivity contribution in [3.63, 3.8) is 0 Å². The number of amides is 2. The van der Waals surface area contributed by atoms with Crippen LogP contribution in [0.15, 0.2) is 23.0 Å². The lowest BCUT2D eigenvalue weighted by molar-refractivity contribution is 0.199. The first-order valence-corrected chi connectivity index (χ1v) is 5.90. The van der Waals surface area contributed by atoms with Crippen molar-refractivity contribution in [3.8, 4) is 0 Å². The van der Waals surface area contributed by atoms with Crippen molar-refractivity contribution in [2.75, 3.05) is 13.1 Å². The lowest BCUT2D eigenvalue weighted by Gasteiger charge is -2.20. The monoisotopic (exact) mass is 222 g/mol. The molecule has 0 bridgehead atoms. The summed E-state index contributed by atoms with van der Waals surface area (Å²) < 4.78 is 4.95. The number of urea groups is 1. The Morgan fingerprint density at radius 2 is 2.06 bits per heavy atom. The van der Waals surface area contributed by atoms with Crippen LogP contribution in [0.3, 0.4) is 0 Å². The van der Waals surface area contributed by atoms with Gasteiger partial charge in [0.1, 0.15) is 0 Å². The summed E-state index contributed by atoms with van der Waals surface area (Å²) in [4.78, 5) is 13.7. The molecule has 0 unspecified atom stereocenters. The number of rotatable bonds is 2. The summed E-state index contributed by atoms with van der Waals surface area (Å²) in [6.45, 7) is 2.32. The van der Waals surface area contributed by atoms with Gasteiger partial charge in [-0.05, 0) is 18.9 Å². The van der Waals surface area contributed by atoms with Crippen LogP contribution in [0.2, 0.25) is 0 Å². The standard InChI is InChI=1S/C12H18N2O2/c15-12(13-9-11-5-8-16-10-11)14-6-3-1-2-4-7-14/h5,8,10H,1-4,6-7,9H2,(H,13,15). The van der Waals surface area contributed by atoms with E-state index in [1.54, 1.807) is 12.5 Å². The van der Waals surface area contributed by atoms with Crippen molar-refractivity contribution >= 4 is 6.03 Å². The van der Waals surface area contributed by atoms with E-state index in [0.29, 0.717) is 6.54 Å². The Morgan fingerprint density at radius 3 is 2.69 bits per heavy atom. The molecule has 1 saturated heterocycles. The molecule has 4 heteroatoms. The quantitative estimate of drug-likeness (QED) is 0.835. The van der Waals surface area contributed by atoms with Gasteiger partial charge in [-0.1, -0.05) is 12.8 Å². The first-order valence-electron chi connectivity index (χ1n) is 5.90. The normalized spacial score (nSPS) is 16.9. The fourth-order valence-electron chi connectivity index (χ4n) is 1.96. The van der Waals surface area contributed by atoms with Crippen molar-refractivity contribution in [2.24, 2.45) is 0 Å². The molecule has 0 aromatic carbocycles. The minimum atomic E-state index is 0.0445. The number of carbonyl (C=O) groups is 1. The number of carbonyl (C=O) groups excluding carboxylic acids is 1. The van der Waals surface area contributed by atoms with Crippen LogP contribution in [0.4, 0.5) is 4.79 Å². The molecule has 88 valence electrons. The van der Waals surface area contributed by atoms with E-state index in [-0.39, 0.29) is 6.03 Å². The zero-order valence-corrected chi connectivity index (χ0v) is 9.45. The molecular formula is C12H18N2O2. The van der Waals surface area contributed by atoms with E-state index < -0.39 is 0 Å². The van der Waals surface area contributed by atoms with Gasteiger partial charge in [-0.25, -0.2) is 4.79 Å². The van der Waals surface area contributed by atoms with Gasteiger partial charge >= 0.3 is 6.03 Å². The minimum Gasteiger partial charge on any atom is -0.472 e. The third kappa shape index (κ3) is 3.02. The molecule has 0 saturated carbocycles. The molecule has 2 heterocycles. The summed E-state index contributed by atoms with van der Waals surface area (Å²) >= 11 is 0. The summed E-state index contributed by atoms with van der Waals surface area (Å²) in [6.07, 6.45) is 8.01. The lowest BCUT2D eigenvalue weighted by Crippen LogP contribution is -2.40. The van der Waals surface area contributed by atoms with Crippen molar-refractivity contribution in [1.29, 1.82) is 0 Å². The summed E-state index contributed by atoms with van der Waals surface area (Å²) in [5.74, 6) is 0. The van der Waals surface area contributed by atoms with E-state index in [9.17, 15) is 4.79 Å². The molecule has 1 aliphatic rings. The zero-order chi connectivity index (χ0) is 11.2. The van der Waals surface area contributed by atoms with Crippen LogP contribution in [0.1, 0.15) is 31.2 Å². The molecule has 0 aliphatic carbocycles. The van der Waals surface area contributed by atoms with Gasteiger partial charge in [0.2, 0.25) is 0 Å². The third-order valence-corrected chi connectivity index (χ3v) is 2.92. The fourth-order valence-corrected chi connectivity index (χ4v) is 1.96. The second-order valence-electron chi connectivity index (χ2n) is 4.19. The van der Waals surface area contributed by atoms with Crippen LogP contribution in [-0.4, -0.2) is 24.0 Å². The summed E-state index contributed by atoms with van der Waals surface area (Å²) in [6, 6.07) is 1.91. The van der Waals surface area contributed by atoms with Crippen molar-refractivity contribution in [2.45, 2.75) is 32.2 Å². The van der Waals surface area contributed by atoms with Gasteiger partial charge in [0.15, 0.2) is 0 Å². The highest BCUT2D eigenvalue weighted by atomic mass is 16.3. The van der Waals surface area contributed by atoms with Crippen LogP contribution in [0.5, 0.6) is 0 Å². The SMILES string of the molecule is O=C(NCc1ccoc1)N1CCCCCC1. The van der Waals surface area contributed by atoms with Gasteiger partial charge in [-0.3, -0.25) is 0 Å². The molecule has 1 aliphatic heterocycles. The van der Waals surface area contributed by atoms with Gasteiger partial charge in [0.25, 0.3) is 0 Å². The Kier molecular flexibility index (Phi) is 3.86. The Morgan fingerprint density at radius 1 is 1.31 bits per heavy atom. The zero-order valence-electron chi connectivity index (χ0n) is 9.45. The maximum atomic E-state index is 11.8. The van der Waals surface area contributed by atoms with E-state index in [1.807, 2.05) is 11.0 Å². The summed E-state index contributed by atoms with van der Waals surface area (Å²) in [5, 5.41) is 2.91. The highest BCUT2D eigenvalue weighted by Crippen LogP contribution is 2.09. The third-order valence-electron chi connectivity index (χ3n) is 2.92. The molecule has 1 aromatic heterocycles. The number of hydrogen-bond acceptors (Lipinski definition) is 2. The van der Waals surface area contributed by atoms with E-state index in [2.05, 4.69) is 5.32 Å². The van der Waals surface area contributed by atoms with Gasteiger partial charge < -0.3 is 14.6 Å². The molecule has 2 rings (SSSR count). The molecule has 16 heavy (non-hydrogen) atoms. The fraction of sp³-hybridized carbons (Fsp3) is 0.583. The van der Waals surface area contributed by atoms with Gasteiger partial charge in [-0.15, -0.1) is 0 Å². The van der Waals surface area contributed by atoms with Crippen LogP contribution in [0, 0.1) is 0 Å². The second-order valence-corrected chi connectivity index (χ2v) is 4.19. The lowest BCUT2D eigenvalue weighted by atomic mass is 10.2. The van der Waals surface area contributed by atoms with E-state index >= 15 is 0 Å². The summed E-state index contributed by atoms with van der Waals surface area (Å²) in [7, 11) is 0. The van der Waals surface area contributed by atoms with Crippen LogP contribution < -0.4 is 5.32 Å². The number of likely N-dealkylation sites (tertiary alicyclic amines) is 1. The molecule has 2 amide bonds. The Labute approximate surface area is 95.6 Å². The molecular weight excluding hydrogens is 204 g/mol. The van der Waals surface area contributed by atoms with Crippen molar-refractivity contribution in [3.05, 3.63) is 24.2 Å². The smallest absolute Gasteiger partial charge is 0.317 e. The van der Waals surface area contributed by atoms with Crippen LogP contribution in [-0.2, 0) is 6.54 Å². The number of furan rings is 1. The Balaban J connectivity index is 1.78. The van der Waals surface area contributed by atoms with Gasteiger partial charge in [0, 0.05) is 25.2 Å². The Hall–Kier alpha value is -1.45. The highest BCUT2D eigenvalue weighted by Gasteiger charge is 2.14.